The zero-order valence-corrected chi connectivity index (χ0v) is 18.9. The van der Waals surface area contributed by atoms with E-state index in [4.69, 9.17) is 14.6 Å². The maximum atomic E-state index is 13.2. The summed E-state index contributed by atoms with van der Waals surface area (Å²) in [7, 11) is -0.126. The van der Waals surface area contributed by atoms with Gasteiger partial charge in [0.15, 0.2) is 0 Å². The number of carboxylic acid groups (broad SMARTS) is 1. The molecule has 0 aromatic heterocycles. The molecule has 10 nitrogen and oxygen atoms in total. The molecule has 3 N–H and O–H groups in total. The highest BCUT2D eigenvalue weighted by Crippen LogP contribution is 2.27. The van der Waals surface area contributed by atoms with E-state index in [-0.39, 0.29) is 17.7 Å². The van der Waals surface area contributed by atoms with Gasteiger partial charge >= 0.3 is 12.1 Å². The Kier molecular flexibility index (Phi) is 9.34. The maximum absolute atomic E-state index is 13.2. The standard InChI is InChI=1S/C16H21F2N3O5S.C2HF3O2/c1-21(2)15(23)10-4-5-12(26-3)13(8-10)27(24,25)20-14(22)11-6-7-16(17,18)9-19-11;3-2(4,5)1(6)7/h4-5,8,11,19H,6-7,9H2,1-3H3,(H,20,22);(H,6,7). The monoisotopic (exact) mass is 519 g/mol. The molecular formula is C18H22F5N3O7S. The number of hydrogen-bond acceptors (Lipinski definition) is 7. The predicted molar refractivity (Wildman–Crippen MR) is 106 cm³/mol. The molecule has 1 atom stereocenters. The molecule has 192 valence electrons. The quantitative estimate of drug-likeness (QED) is 0.493. The second kappa shape index (κ2) is 10.9. The van der Waals surface area contributed by atoms with Crippen molar-refractivity contribution in [2.45, 2.75) is 35.9 Å². The number of benzene rings is 1. The van der Waals surface area contributed by atoms with Crippen LogP contribution >= 0.6 is 0 Å². The Labute approximate surface area is 191 Å². The summed E-state index contributed by atoms with van der Waals surface area (Å²) in [6.45, 7) is -0.707. The van der Waals surface area contributed by atoms with Crippen LogP contribution in [0.25, 0.3) is 0 Å². The van der Waals surface area contributed by atoms with Gasteiger partial charge in [-0.1, -0.05) is 0 Å². The van der Waals surface area contributed by atoms with E-state index in [9.17, 15) is 40.0 Å². The van der Waals surface area contributed by atoms with Crippen LogP contribution < -0.4 is 14.8 Å². The molecule has 1 aliphatic rings. The van der Waals surface area contributed by atoms with E-state index in [1.807, 2.05) is 4.72 Å². The van der Waals surface area contributed by atoms with Gasteiger partial charge in [-0.05, 0) is 24.6 Å². The number of ether oxygens (including phenoxy) is 1. The van der Waals surface area contributed by atoms with E-state index in [1.54, 1.807) is 0 Å². The molecule has 1 heterocycles. The van der Waals surface area contributed by atoms with E-state index in [1.165, 1.54) is 38.2 Å². The third-order valence-corrected chi connectivity index (χ3v) is 5.67. The molecule has 0 radical (unpaired) electrons. The van der Waals surface area contributed by atoms with Crippen LogP contribution in [0.5, 0.6) is 5.75 Å². The largest absolute Gasteiger partial charge is 0.495 e. The fourth-order valence-corrected chi connectivity index (χ4v) is 3.79. The number of hydrogen-bond donors (Lipinski definition) is 3. The Balaban J connectivity index is 0.000000718. The first-order chi connectivity index (χ1) is 15.4. The smallest absolute Gasteiger partial charge is 0.490 e. The molecule has 16 heteroatoms. The number of carboxylic acids is 1. The lowest BCUT2D eigenvalue weighted by Crippen LogP contribution is -2.53. The molecule has 1 saturated heterocycles. The Morgan fingerprint density at radius 1 is 1.24 bits per heavy atom. The summed E-state index contributed by atoms with van der Waals surface area (Å²) in [5, 5.41) is 9.46. The minimum Gasteiger partial charge on any atom is -0.495 e. The molecule has 1 aromatic rings. The van der Waals surface area contributed by atoms with E-state index < -0.39 is 63.8 Å². The van der Waals surface area contributed by atoms with Gasteiger partial charge in [-0.25, -0.2) is 26.7 Å². The van der Waals surface area contributed by atoms with Crippen molar-refractivity contribution in [2.75, 3.05) is 27.7 Å². The van der Waals surface area contributed by atoms with Crippen LogP contribution in [-0.4, -0.2) is 82.1 Å². The lowest BCUT2D eigenvalue weighted by molar-refractivity contribution is -0.192. The number of carbonyl (C=O) groups is 3. The summed E-state index contributed by atoms with van der Waals surface area (Å²) in [5.74, 6) is -7.13. The number of alkyl halides is 5. The van der Waals surface area contributed by atoms with Crippen LogP contribution in [0.4, 0.5) is 22.0 Å². The van der Waals surface area contributed by atoms with Gasteiger partial charge in [0, 0.05) is 26.1 Å². The van der Waals surface area contributed by atoms with Gasteiger partial charge in [0.2, 0.25) is 0 Å². The first-order valence-electron chi connectivity index (χ1n) is 9.29. The minimum absolute atomic E-state index is 0.0613. The van der Waals surface area contributed by atoms with Crippen LogP contribution in [0.3, 0.4) is 0 Å². The van der Waals surface area contributed by atoms with Crippen molar-refractivity contribution in [3.8, 4) is 5.75 Å². The number of piperidine rings is 1. The van der Waals surface area contributed by atoms with Gasteiger partial charge in [0.05, 0.1) is 19.7 Å². The Morgan fingerprint density at radius 2 is 1.79 bits per heavy atom. The van der Waals surface area contributed by atoms with Crippen LogP contribution in [0.15, 0.2) is 23.1 Å². The Morgan fingerprint density at radius 3 is 2.21 bits per heavy atom. The van der Waals surface area contributed by atoms with Crippen molar-refractivity contribution >= 4 is 27.8 Å². The molecule has 0 aliphatic carbocycles. The molecular weight excluding hydrogens is 497 g/mol. The third-order valence-electron chi connectivity index (χ3n) is 4.31. The van der Waals surface area contributed by atoms with Crippen molar-refractivity contribution < 1.29 is 54.6 Å². The van der Waals surface area contributed by atoms with Crippen LogP contribution in [0.1, 0.15) is 23.2 Å². The lowest BCUT2D eigenvalue weighted by Gasteiger charge is -2.28. The Bertz CT molecular complexity index is 1020. The number of nitrogens with one attached hydrogen (secondary N) is 2. The number of rotatable bonds is 5. The molecule has 0 spiro atoms. The van der Waals surface area contributed by atoms with Crippen molar-refractivity contribution in [3.05, 3.63) is 23.8 Å². The summed E-state index contributed by atoms with van der Waals surface area (Å²) in [4.78, 5) is 34.1. The fraction of sp³-hybridized carbons (Fsp3) is 0.500. The first-order valence-corrected chi connectivity index (χ1v) is 10.8. The molecule has 0 bridgehead atoms. The van der Waals surface area contributed by atoms with Crippen LogP contribution in [0, 0.1) is 0 Å². The average Bonchev–Trinajstić information content (AvgIpc) is 2.71. The van der Waals surface area contributed by atoms with E-state index in [2.05, 4.69) is 5.32 Å². The molecule has 1 unspecified atom stereocenters. The van der Waals surface area contributed by atoms with Crippen LogP contribution in [-0.2, 0) is 19.6 Å². The predicted octanol–water partition coefficient (Wildman–Crippen LogP) is 1.22. The van der Waals surface area contributed by atoms with E-state index in [0.29, 0.717) is 0 Å². The fourth-order valence-electron chi connectivity index (χ4n) is 2.58. The summed E-state index contributed by atoms with van der Waals surface area (Å²) in [6.07, 6.45) is -5.81. The summed E-state index contributed by atoms with van der Waals surface area (Å²) in [5.41, 5.74) is 0.0871. The summed E-state index contributed by atoms with van der Waals surface area (Å²) in [6, 6.07) is 2.73. The van der Waals surface area contributed by atoms with Gasteiger partial charge in [-0.3, -0.25) is 9.59 Å². The molecule has 1 fully saturated rings. The van der Waals surface area contributed by atoms with Crippen molar-refractivity contribution in [1.82, 2.24) is 14.9 Å². The second-order valence-corrected chi connectivity index (χ2v) is 8.82. The van der Waals surface area contributed by atoms with Gasteiger partial charge in [-0.15, -0.1) is 0 Å². The molecule has 2 amide bonds. The molecule has 34 heavy (non-hydrogen) atoms. The van der Waals surface area contributed by atoms with Crippen molar-refractivity contribution in [1.29, 1.82) is 0 Å². The van der Waals surface area contributed by atoms with Gasteiger partial charge in [-0.2, -0.15) is 13.2 Å². The van der Waals surface area contributed by atoms with E-state index >= 15 is 0 Å². The summed E-state index contributed by atoms with van der Waals surface area (Å²) < 4.78 is 90.2. The lowest BCUT2D eigenvalue weighted by atomic mass is 10.0. The minimum atomic E-state index is -5.08. The number of halogens is 5. The van der Waals surface area contributed by atoms with Gasteiger partial charge < -0.3 is 20.1 Å². The number of amides is 2. The number of methoxy groups -OCH3 is 1. The number of aliphatic carboxylic acids is 1. The summed E-state index contributed by atoms with van der Waals surface area (Å²) >= 11 is 0. The molecule has 1 aromatic carbocycles. The maximum Gasteiger partial charge on any atom is 0.490 e. The van der Waals surface area contributed by atoms with Crippen molar-refractivity contribution in [2.24, 2.45) is 0 Å². The van der Waals surface area contributed by atoms with Gasteiger partial charge in [0.25, 0.3) is 27.8 Å². The number of carbonyl (C=O) groups excluding carboxylic acids is 2. The van der Waals surface area contributed by atoms with Crippen LogP contribution in [0.2, 0.25) is 0 Å². The third kappa shape index (κ3) is 8.09. The molecule has 1 aliphatic heterocycles. The zero-order chi connectivity index (χ0) is 26.5. The van der Waals surface area contributed by atoms with Crippen molar-refractivity contribution in [3.63, 3.8) is 0 Å². The highest BCUT2D eigenvalue weighted by atomic mass is 32.2. The highest BCUT2D eigenvalue weighted by Gasteiger charge is 2.39. The first kappa shape index (κ1) is 29.0. The Hall–Kier alpha value is -3.01. The molecule has 0 saturated carbocycles. The number of nitrogens with zero attached hydrogens (tertiary/aromatic N) is 1. The number of sulfonamides is 1. The SMILES string of the molecule is COc1ccc(C(=O)N(C)C)cc1S(=O)(=O)NC(=O)C1CCC(F)(F)CN1.O=C(O)C(F)(F)F. The second-order valence-electron chi connectivity index (χ2n) is 7.17. The molecule has 2 rings (SSSR count). The highest BCUT2D eigenvalue weighted by molar-refractivity contribution is 7.90. The van der Waals surface area contributed by atoms with E-state index in [0.717, 1.165) is 6.07 Å². The average molecular weight is 519 g/mol. The normalized spacial score (nSPS) is 17.6. The topological polar surface area (TPSA) is 142 Å². The van der Waals surface area contributed by atoms with Gasteiger partial charge in [0.1, 0.15) is 10.6 Å². The zero-order valence-electron chi connectivity index (χ0n) is 18.1.